The van der Waals surface area contributed by atoms with E-state index in [0.29, 0.717) is 0 Å². The molecule has 0 aliphatic rings. The monoisotopic (exact) mass is 180 g/mol. The Hall–Kier alpha value is -0.880. The lowest BCUT2D eigenvalue weighted by Gasteiger charge is -2.13. The zero-order valence-electron chi connectivity index (χ0n) is 4.83. The van der Waals surface area contributed by atoms with E-state index in [-0.39, 0.29) is 0 Å². The van der Waals surface area contributed by atoms with E-state index in [1.807, 2.05) is 0 Å². The van der Waals surface area contributed by atoms with Crippen molar-refractivity contribution in [3.63, 3.8) is 0 Å². The summed E-state index contributed by atoms with van der Waals surface area (Å²) in [7, 11) is 0. The van der Waals surface area contributed by atoms with Crippen molar-refractivity contribution in [1.82, 2.24) is 0 Å². The summed E-state index contributed by atoms with van der Waals surface area (Å²) in [6.45, 7) is 0. The third-order valence-corrected chi connectivity index (χ3v) is 0.573. The molecule has 0 aromatic heterocycles. The van der Waals surface area contributed by atoms with Gasteiger partial charge in [0.25, 0.3) is 0 Å². The van der Waals surface area contributed by atoms with Crippen molar-refractivity contribution in [2.45, 2.75) is 12.5 Å². The summed E-state index contributed by atoms with van der Waals surface area (Å²) in [6.07, 6.45) is -10.2. The minimum atomic E-state index is -4.99. The molecule has 7 heteroatoms. The molecule has 0 aromatic rings. The van der Waals surface area contributed by atoms with Crippen LogP contribution in [0.3, 0.4) is 0 Å². The second-order valence-electron chi connectivity index (χ2n) is 1.38. The fourth-order valence-corrected chi connectivity index (χ4v) is 0.197. The van der Waals surface area contributed by atoms with Crippen molar-refractivity contribution in [3.05, 3.63) is 12.3 Å². The molecule has 0 saturated heterocycles. The minimum Gasteiger partial charge on any atom is -0.400 e. The normalized spacial score (nSPS) is 13.9. The highest BCUT2D eigenvalue weighted by atomic mass is 19.3. The van der Waals surface area contributed by atoms with Crippen LogP contribution in [0.25, 0.3) is 0 Å². The molecule has 0 heterocycles. The quantitative estimate of drug-likeness (QED) is 0.479. The van der Waals surface area contributed by atoms with Gasteiger partial charge in [0, 0.05) is 0 Å². The van der Waals surface area contributed by atoms with Crippen LogP contribution in [0.1, 0.15) is 0 Å². The zero-order chi connectivity index (χ0) is 9.07. The number of alkyl halides is 4. The fraction of sp³-hybridized carbons (Fsp3) is 0.500. The van der Waals surface area contributed by atoms with E-state index in [4.69, 9.17) is 0 Å². The first-order valence-electron chi connectivity index (χ1n) is 2.21. The van der Waals surface area contributed by atoms with Crippen LogP contribution in [0, 0.1) is 0 Å². The lowest BCUT2D eigenvalue weighted by atomic mass is 10.6. The highest BCUT2D eigenvalue weighted by molar-refractivity contribution is 4.74. The van der Waals surface area contributed by atoms with Gasteiger partial charge in [-0.1, -0.05) is 0 Å². The summed E-state index contributed by atoms with van der Waals surface area (Å²) in [5.74, 6) is 0. The summed E-state index contributed by atoms with van der Waals surface area (Å²) in [6, 6.07) is -2.39. The van der Waals surface area contributed by atoms with E-state index in [2.05, 4.69) is 4.74 Å². The highest BCUT2D eigenvalue weighted by Crippen LogP contribution is 2.27. The molecule has 0 N–H and O–H groups in total. The standard InChI is InChI=1S/C4H2F6O/c5-1-2(6)11-4(9,10)3(7)8/h1,3H/b2-1-. The van der Waals surface area contributed by atoms with E-state index < -0.39 is 24.9 Å². The maximum Gasteiger partial charge on any atom is 0.462 e. The first kappa shape index (κ1) is 10.1. The van der Waals surface area contributed by atoms with Crippen molar-refractivity contribution in [2.75, 3.05) is 0 Å². The molecule has 0 atom stereocenters. The summed E-state index contributed by atoms with van der Waals surface area (Å²) in [5, 5.41) is 0. The van der Waals surface area contributed by atoms with Crippen molar-refractivity contribution in [2.24, 2.45) is 0 Å². The molecule has 11 heavy (non-hydrogen) atoms. The van der Waals surface area contributed by atoms with Crippen LogP contribution in [0.2, 0.25) is 0 Å². The molecule has 0 radical (unpaired) electrons. The molecule has 0 aliphatic heterocycles. The van der Waals surface area contributed by atoms with Crippen LogP contribution in [-0.2, 0) is 4.74 Å². The van der Waals surface area contributed by atoms with Gasteiger partial charge >= 0.3 is 18.5 Å². The second-order valence-corrected chi connectivity index (χ2v) is 1.38. The van der Waals surface area contributed by atoms with Crippen LogP contribution in [0.15, 0.2) is 12.3 Å². The number of halogens is 6. The molecule has 0 saturated carbocycles. The maximum atomic E-state index is 11.6. The lowest BCUT2D eigenvalue weighted by molar-refractivity contribution is -0.290. The van der Waals surface area contributed by atoms with Gasteiger partial charge in [-0.2, -0.15) is 22.0 Å². The van der Waals surface area contributed by atoms with Gasteiger partial charge in [0.05, 0.1) is 0 Å². The van der Waals surface area contributed by atoms with Crippen LogP contribution >= 0.6 is 0 Å². The van der Waals surface area contributed by atoms with E-state index in [0.717, 1.165) is 0 Å². The predicted octanol–water partition coefficient (Wildman–Crippen LogP) is 2.60. The third-order valence-electron chi connectivity index (χ3n) is 0.573. The fourth-order valence-electron chi connectivity index (χ4n) is 0.197. The average molecular weight is 180 g/mol. The second kappa shape index (κ2) is 3.49. The van der Waals surface area contributed by atoms with Gasteiger partial charge in [0.15, 0.2) is 6.33 Å². The summed E-state index contributed by atoms with van der Waals surface area (Å²) in [5.41, 5.74) is 0. The van der Waals surface area contributed by atoms with Crippen molar-refractivity contribution < 1.29 is 31.1 Å². The molecule has 0 amide bonds. The first-order chi connectivity index (χ1) is 4.90. The smallest absolute Gasteiger partial charge is 0.400 e. The Morgan fingerprint density at radius 2 is 1.82 bits per heavy atom. The van der Waals surface area contributed by atoms with Gasteiger partial charge in [-0.15, -0.1) is 0 Å². The zero-order valence-corrected chi connectivity index (χ0v) is 4.83. The largest absolute Gasteiger partial charge is 0.462 e. The van der Waals surface area contributed by atoms with Crippen molar-refractivity contribution in [1.29, 1.82) is 0 Å². The van der Waals surface area contributed by atoms with Crippen LogP contribution in [-0.4, -0.2) is 12.5 Å². The molecule has 0 rings (SSSR count). The van der Waals surface area contributed by atoms with Gasteiger partial charge in [-0.05, 0) is 0 Å². The molecule has 0 aromatic carbocycles. The van der Waals surface area contributed by atoms with E-state index >= 15 is 0 Å². The SMILES string of the molecule is F/C=C(/F)OC(F)(F)C(F)F. The Morgan fingerprint density at radius 3 is 2.09 bits per heavy atom. The Bertz CT molecular complexity index is 153. The summed E-state index contributed by atoms with van der Waals surface area (Å²) >= 11 is 0. The van der Waals surface area contributed by atoms with Gasteiger partial charge in [-0.25, -0.2) is 4.39 Å². The van der Waals surface area contributed by atoms with Crippen molar-refractivity contribution in [3.8, 4) is 0 Å². The molecular weight excluding hydrogens is 178 g/mol. The van der Waals surface area contributed by atoms with Gasteiger partial charge in [0.1, 0.15) is 0 Å². The molecule has 0 fully saturated rings. The topological polar surface area (TPSA) is 9.23 Å². The Morgan fingerprint density at radius 1 is 1.36 bits per heavy atom. The van der Waals surface area contributed by atoms with Crippen molar-refractivity contribution >= 4 is 0 Å². The lowest BCUT2D eigenvalue weighted by Crippen LogP contribution is -2.29. The van der Waals surface area contributed by atoms with E-state index in [1.54, 1.807) is 0 Å². The molecule has 0 bridgehead atoms. The summed E-state index contributed by atoms with van der Waals surface area (Å²) in [4.78, 5) is 0. The van der Waals surface area contributed by atoms with E-state index in [9.17, 15) is 26.3 Å². The molecule has 0 spiro atoms. The third kappa shape index (κ3) is 3.15. The minimum absolute atomic E-state index is 0.990. The van der Waals surface area contributed by atoms with Crippen LogP contribution in [0.5, 0.6) is 0 Å². The molecule has 66 valence electrons. The average Bonchev–Trinajstić information content (AvgIpc) is 1.86. The van der Waals surface area contributed by atoms with Crippen LogP contribution < -0.4 is 0 Å². The van der Waals surface area contributed by atoms with Crippen LogP contribution in [0.4, 0.5) is 26.3 Å². The maximum absolute atomic E-state index is 11.6. The predicted molar refractivity (Wildman–Crippen MR) is 22.3 cm³/mol. The number of hydrogen-bond acceptors (Lipinski definition) is 1. The van der Waals surface area contributed by atoms with Gasteiger partial charge < -0.3 is 4.74 Å². The number of ether oxygens (including phenoxy) is 1. The highest BCUT2D eigenvalue weighted by Gasteiger charge is 2.44. The molecule has 1 nitrogen and oxygen atoms in total. The van der Waals surface area contributed by atoms with E-state index in [1.165, 1.54) is 0 Å². The number of rotatable bonds is 3. The Kier molecular flexibility index (Phi) is 3.21. The Balaban J connectivity index is 4.13. The Labute approximate surface area is 57.3 Å². The van der Waals surface area contributed by atoms with Gasteiger partial charge in [0.2, 0.25) is 0 Å². The first-order valence-corrected chi connectivity index (χ1v) is 2.21. The van der Waals surface area contributed by atoms with Gasteiger partial charge in [-0.3, -0.25) is 0 Å². The molecular formula is C4H2F6O. The molecule has 0 aliphatic carbocycles. The molecule has 0 unspecified atom stereocenters. The summed E-state index contributed by atoms with van der Waals surface area (Å²) < 4.78 is 70.3. The number of hydrogen-bond donors (Lipinski definition) is 0.